The van der Waals surface area contributed by atoms with Gasteiger partial charge in [0.25, 0.3) is 0 Å². The van der Waals surface area contributed by atoms with E-state index >= 15 is 0 Å². The fourth-order valence-corrected chi connectivity index (χ4v) is 7.35. The van der Waals surface area contributed by atoms with Crippen LogP contribution in [-0.4, -0.2) is 9.79 Å². The summed E-state index contributed by atoms with van der Waals surface area (Å²) >= 11 is 0. The Balaban J connectivity index is 2.73. The lowest BCUT2D eigenvalue weighted by Crippen LogP contribution is -2.25. The summed E-state index contributed by atoms with van der Waals surface area (Å²) in [6.07, 6.45) is 4.60. The van der Waals surface area contributed by atoms with Gasteiger partial charge in [-0.25, -0.2) is 0 Å². The van der Waals surface area contributed by atoms with Gasteiger partial charge in [-0.05, 0) is 112 Å². The predicted molar refractivity (Wildman–Crippen MR) is 196 cm³/mol. The fraction of sp³-hybridized carbons (Fsp3) is 0.561. The van der Waals surface area contributed by atoms with E-state index in [1.54, 1.807) is 0 Å². The molecule has 0 aliphatic rings. The Morgan fingerprint density at radius 3 is 1.60 bits per heavy atom. The minimum absolute atomic E-state index is 0.00790. The highest BCUT2D eigenvalue weighted by Gasteiger charge is 2.36. The quantitative estimate of drug-likeness (QED) is 0.184. The Bertz CT molecular complexity index is 1490. The zero-order chi connectivity index (χ0) is 34.1. The van der Waals surface area contributed by atoms with Crippen molar-refractivity contribution in [2.75, 3.05) is 0 Å². The Kier molecular flexibility index (Phi) is 11.5. The van der Waals surface area contributed by atoms with Crippen molar-refractivity contribution in [1.82, 2.24) is 0 Å². The molecule has 0 spiro atoms. The SMILES string of the molecule is CCC(C)(C)c1cc(C(C)(C)CC)c(OP(O)O)c(-c2cccc(C)c2C(C)(C)CC)c1Cc1cccc(C)c1C(C)(C)CC. The molecule has 4 heteroatoms. The van der Waals surface area contributed by atoms with E-state index in [1.165, 1.54) is 38.9 Å². The van der Waals surface area contributed by atoms with Crippen molar-refractivity contribution >= 4 is 8.60 Å². The number of hydrogen-bond donors (Lipinski definition) is 2. The summed E-state index contributed by atoms with van der Waals surface area (Å²) in [7, 11) is -2.65. The molecule has 0 aliphatic heterocycles. The topological polar surface area (TPSA) is 49.7 Å². The average Bonchev–Trinajstić information content (AvgIpc) is 2.96. The summed E-state index contributed by atoms with van der Waals surface area (Å²) in [5.41, 5.74) is 11.8. The molecule has 0 bridgehead atoms. The second-order valence-electron chi connectivity index (χ2n) is 15.7. The molecule has 3 nitrogen and oxygen atoms in total. The van der Waals surface area contributed by atoms with Gasteiger partial charge in [0, 0.05) is 11.1 Å². The van der Waals surface area contributed by atoms with Crippen molar-refractivity contribution in [3.05, 3.63) is 87.0 Å². The van der Waals surface area contributed by atoms with Gasteiger partial charge in [-0.15, -0.1) is 0 Å². The lowest BCUT2D eigenvalue weighted by Gasteiger charge is -2.37. The van der Waals surface area contributed by atoms with Crippen LogP contribution in [0, 0.1) is 13.8 Å². The van der Waals surface area contributed by atoms with Gasteiger partial charge < -0.3 is 14.3 Å². The maximum atomic E-state index is 10.5. The summed E-state index contributed by atoms with van der Waals surface area (Å²) in [4.78, 5) is 21.1. The molecular formula is C41H61O3P. The zero-order valence-corrected chi connectivity index (χ0v) is 31.7. The molecule has 248 valence electrons. The van der Waals surface area contributed by atoms with Crippen LogP contribution in [0.25, 0.3) is 11.1 Å². The van der Waals surface area contributed by atoms with Gasteiger partial charge in [0.2, 0.25) is 0 Å². The van der Waals surface area contributed by atoms with Crippen LogP contribution in [0.1, 0.15) is 153 Å². The highest BCUT2D eigenvalue weighted by molar-refractivity contribution is 7.39. The third-order valence-electron chi connectivity index (χ3n) is 11.2. The summed E-state index contributed by atoms with van der Waals surface area (Å²) < 4.78 is 6.26. The summed E-state index contributed by atoms with van der Waals surface area (Å²) in [6.45, 7) is 32.0. The van der Waals surface area contributed by atoms with E-state index in [4.69, 9.17) is 4.52 Å². The molecule has 0 aromatic heterocycles. The summed E-state index contributed by atoms with van der Waals surface area (Å²) in [5.74, 6) is 0.617. The first-order chi connectivity index (χ1) is 20.8. The molecule has 0 saturated heterocycles. The second kappa shape index (κ2) is 13.9. The highest BCUT2D eigenvalue weighted by Crippen LogP contribution is 2.53. The fourth-order valence-electron chi connectivity index (χ4n) is 7.00. The van der Waals surface area contributed by atoms with Crippen LogP contribution >= 0.6 is 8.60 Å². The van der Waals surface area contributed by atoms with Crippen LogP contribution in [-0.2, 0) is 28.1 Å². The van der Waals surface area contributed by atoms with Crippen LogP contribution in [0.5, 0.6) is 5.75 Å². The number of hydrogen-bond acceptors (Lipinski definition) is 3. The first-order valence-corrected chi connectivity index (χ1v) is 18.2. The maximum absolute atomic E-state index is 10.5. The van der Waals surface area contributed by atoms with Gasteiger partial charge >= 0.3 is 8.60 Å². The number of rotatable bonds is 13. The van der Waals surface area contributed by atoms with E-state index in [1.807, 2.05) is 0 Å². The Hall–Kier alpha value is -2.19. The Morgan fingerprint density at radius 1 is 0.622 bits per heavy atom. The van der Waals surface area contributed by atoms with Crippen molar-refractivity contribution in [3.8, 4) is 16.9 Å². The van der Waals surface area contributed by atoms with Crippen LogP contribution < -0.4 is 4.52 Å². The monoisotopic (exact) mass is 632 g/mol. The first kappa shape index (κ1) is 37.3. The number of benzene rings is 3. The van der Waals surface area contributed by atoms with Gasteiger partial charge in [0.1, 0.15) is 5.75 Å². The van der Waals surface area contributed by atoms with Crippen LogP contribution in [0.2, 0.25) is 0 Å². The lowest BCUT2D eigenvalue weighted by atomic mass is 9.68. The molecule has 0 radical (unpaired) electrons. The van der Waals surface area contributed by atoms with Gasteiger partial charge in [-0.2, -0.15) is 0 Å². The van der Waals surface area contributed by atoms with Crippen LogP contribution in [0.15, 0.2) is 42.5 Å². The molecule has 0 atom stereocenters. The van der Waals surface area contributed by atoms with Gasteiger partial charge in [0.05, 0.1) is 0 Å². The average molecular weight is 633 g/mol. The summed E-state index contributed by atoms with van der Waals surface area (Å²) in [6, 6.07) is 15.7. The molecule has 0 aliphatic carbocycles. The van der Waals surface area contributed by atoms with E-state index in [-0.39, 0.29) is 21.7 Å². The minimum Gasteiger partial charge on any atom is -0.426 e. The molecule has 0 amide bonds. The minimum atomic E-state index is -2.65. The van der Waals surface area contributed by atoms with E-state index in [2.05, 4.69) is 139 Å². The van der Waals surface area contributed by atoms with Gasteiger partial charge in [-0.1, -0.05) is 126 Å². The van der Waals surface area contributed by atoms with Crippen molar-refractivity contribution in [2.24, 2.45) is 0 Å². The predicted octanol–water partition coefficient (Wildman–Crippen LogP) is 11.9. The normalized spacial score (nSPS) is 13.1. The van der Waals surface area contributed by atoms with Gasteiger partial charge in [0.15, 0.2) is 0 Å². The molecule has 3 aromatic carbocycles. The first-order valence-electron chi connectivity index (χ1n) is 17.1. The highest BCUT2D eigenvalue weighted by atomic mass is 31.2. The van der Waals surface area contributed by atoms with Crippen molar-refractivity contribution in [1.29, 1.82) is 0 Å². The molecule has 0 heterocycles. The molecule has 0 unspecified atom stereocenters. The smallest absolute Gasteiger partial charge is 0.391 e. The Labute approximate surface area is 276 Å². The molecule has 0 saturated carbocycles. The van der Waals surface area contributed by atoms with Crippen molar-refractivity contribution < 1.29 is 14.3 Å². The van der Waals surface area contributed by atoms with Crippen LogP contribution in [0.3, 0.4) is 0 Å². The van der Waals surface area contributed by atoms with E-state index < -0.39 is 8.60 Å². The van der Waals surface area contributed by atoms with E-state index in [0.29, 0.717) is 5.75 Å². The summed E-state index contributed by atoms with van der Waals surface area (Å²) in [5, 5.41) is 0. The lowest BCUT2D eigenvalue weighted by molar-refractivity contribution is 0.367. The zero-order valence-electron chi connectivity index (χ0n) is 30.8. The van der Waals surface area contributed by atoms with E-state index in [0.717, 1.165) is 48.8 Å². The largest absolute Gasteiger partial charge is 0.426 e. The number of aryl methyl sites for hydroxylation is 2. The maximum Gasteiger partial charge on any atom is 0.391 e. The van der Waals surface area contributed by atoms with Gasteiger partial charge in [-0.3, -0.25) is 0 Å². The molecule has 3 aromatic rings. The molecule has 3 rings (SSSR count). The standard InChI is InChI=1S/C41H61O3P/c1-15-38(7,8)32-26-33(39(9,10)16-2)37(44-45(42)43)34(30-24-20-22-28(6)36(30)41(13,14)18-4)31(32)25-29-23-19-21-27(5)35(29)40(11,12)17-3/h19-24,26,42-43H,15-18,25H2,1-14H3. The van der Waals surface area contributed by atoms with Crippen molar-refractivity contribution in [2.45, 2.75) is 151 Å². The Morgan fingerprint density at radius 2 is 1.09 bits per heavy atom. The molecule has 45 heavy (non-hydrogen) atoms. The third kappa shape index (κ3) is 7.53. The van der Waals surface area contributed by atoms with Crippen molar-refractivity contribution in [3.63, 3.8) is 0 Å². The van der Waals surface area contributed by atoms with E-state index in [9.17, 15) is 9.79 Å². The molecular weight excluding hydrogens is 571 g/mol. The molecule has 0 fully saturated rings. The second-order valence-corrected chi connectivity index (χ2v) is 16.4. The molecule has 2 N–H and O–H groups in total. The third-order valence-corrected chi connectivity index (χ3v) is 11.5. The van der Waals surface area contributed by atoms with Crippen LogP contribution in [0.4, 0.5) is 0 Å².